The summed E-state index contributed by atoms with van der Waals surface area (Å²) in [4.78, 5) is 12.6. The van der Waals surface area contributed by atoms with E-state index < -0.39 is 33.5 Å². The summed E-state index contributed by atoms with van der Waals surface area (Å²) in [6, 6.07) is 11.1. The molecular weight excluding hydrogens is 502 g/mol. The molecule has 0 bridgehead atoms. The molecule has 0 aliphatic carbocycles. The highest BCUT2D eigenvalue weighted by Crippen LogP contribution is 2.30. The SMILES string of the molecule is CC(C(=O)NCc1cc(C(F)(F)F)nn1-c1cccc(Cl)c1)c1ccc(S(C)(=O)=O)c(Cl)c1. The van der Waals surface area contributed by atoms with Crippen molar-refractivity contribution in [2.75, 3.05) is 6.26 Å². The highest BCUT2D eigenvalue weighted by Gasteiger charge is 2.35. The minimum Gasteiger partial charge on any atom is -0.350 e. The number of hydrogen-bond donors (Lipinski definition) is 1. The van der Waals surface area contributed by atoms with E-state index in [1.54, 1.807) is 19.1 Å². The lowest BCUT2D eigenvalue weighted by molar-refractivity contribution is -0.141. The van der Waals surface area contributed by atoms with Gasteiger partial charge in [-0.15, -0.1) is 0 Å². The highest BCUT2D eigenvalue weighted by atomic mass is 35.5. The number of aromatic nitrogens is 2. The first-order valence-corrected chi connectivity index (χ1v) is 12.1. The van der Waals surface area contributed by atoms with E-state index in [0.717, 1.165) is 17.0 Å². The molecule has 0 radical (unpaired) electrons. The summed E-state index contributed by atoms with van der Waals surface area (Å²) in [7, 11) is -3.53. The van der Waals surface area contributed by atoms with Gasteiger partial charge in [-0.2, -0.15) is 18.3 Å². The molecule has 1 heterocycles. The molecule has 0 fully saturated rings. The first-order valence-electron chi connectivity index (χ1n) is 9.46. The summed E-state index contributed by atoms with van der Waals surface area (Å²) in [6.45, 7) is 1.32. The quantitative estimate of drug-likeness (QED) is 0.495. The zero-order valence-corrected chi connectivity index (χ0v) is 19.6. The van der Waals surface area contributed by atoms with Gasteiger partial charge in [0.15, 0.2) is 15.5 Å². The Morgan fingerprint density at radius 3 is 2.42 bits per heavy atom. The number of benzene rings is 2. The van der Waals surface area contributed by atoms with Gasteiger partial charge in [0, 0.05) is 11.3 Å². The number of nitrogens with one attached hydrogen (secondary N) is 1. The van der Waals surface area contributed by atoms with Gasteiger partial charge in [0.2, 0.25) is 5.91 Å². The average Bonchev–Trinajstić information content (AvgIpc) is 3.15. The maximum absolute atomic E-state index is 13.2. The number of carbonyl (C=O) groups is 1. The van der Waals surface area contributed by atoms with Crippen molar-refractivity contribution in [1.29, 1.82) is 0 Å². The monoisotopic (exact) mass is 519 g/mol. The topological polar surface area (TPSA) is 81.1 Å². The normalized spacial score (nSPS) is 13.1. The molecule has 0 aliphatic rings. The largest absolute Gasteiger partial charge is 0.435 e. The molecule has 176 valence electrons. The van der Waals surface area contributed by atoms with E-state index in [1.807, 2.05) is 0 Å². The van der Waals surface area contributed by atoms with Crippen LogP contribution in [0.2, 0.25) is 10.0 Å². The lowest BCUT2D eigenvalue weighted by atomic mass is 10.0. The van der Waals surface area contributed by atoms with Crippen molar-refractivity contribution >= 4 is 38.9 Å². The molecular formula is C21H18Cl2F3N3O3S. The zero-order chi connectivity index (χ0) is 24.6. The minimum absolute atomic E-state index is 0.0245. The molecule has 1 aromatic heterocycles. The fraction of sp³-hybridized carbons (Fsp3) is 0.238. The Balaban J connectivity index is 1.83. The van der Waals surface area contributed by atoms with Crippen molar-refractivity contribution in [2.45, 2.75) is 30.5 Å². The van der Waals surface area contributed by atoms with Crippen LogP contribution in [0.15, 0.2) is 53.4 Å². The first-order chi connectivity index (χ1) is 15.3. The van der Waals surface area contributed by atoms with Crippen molar-refractivity contribution in [2.24, 2.45) is 0 Å². The van der Waals surface area contributed by atoms with Crippen molar-refractivity contribution in [1.82, 2.24) is 15.1 Å². The minimum atomic E-state index is -4.67. The van der Waals surface area contributed by atoms with Crippen LogP contribution in [0.4, 0.5) is 13.2 Å². The summed E-state index contributed by atoms with van der Waals surface area (Å²) < 4.78 is 64.2. The van der Waals surface area contributed by atoms with Gasteiger partial charge in [-0.05, 0) is 48.9 Å². The van der Waals surface area contributed by atoms with E-state index in [-0.39, 0.29) is 22.2 Å². The van der Waals surface area contributed by atoms with Crippen LogP contribution in [0.3, 0.4) is 0 Å². The van der Waals surface area contributed by atoms with Gasteiger partial charge in [-0.25, -0.2) is 13.1 Å². The van der Waals surface area contributed by atoms with Crippen molar-refractivity contribution < 1.29 is 26.4 Å². The van der Waals surface area contributed by atoms with Crippen LogP contribution in [0.1, 0.15) is 29.8 Å². The highest BCUT2D eigenvalue weighted by molar-refractivity contribution is 7.90. The van der Waals surface area contributed by atoms with Gasteiger partial charge in [0.25, 0.3) is 0 Å². The summed E-state index contributed by atoms with van der Waals surface area (Å²) in [5, 5.41) is 6.50. The summed E-state index contributed by atoms with van der Waals surface area (Å²) in [5.41, 5.74) is -0.263. The Bertz CT molecular complexity index is 1310. The van der Waals surface area contributed by atoms with Gasteiger partial charge in [-0.1, -0.05) is 35.3 Å². The Labute approximate surface area is 198 Å². The Kier molecular flexibility index (Phi) is 7.11. The van der Waals surface area contributed by atoms with E-state index in [9.17, 15) is 26.4 Å². The molecule has 1 unspecified atom stereocenters. The van der Waals surface area contributed by atoms with Crippen LogP contribution in [0.25, 0.3) is 5.69 Å². The maximum Gasteiger partial charge on any atom is 0.435 e. The van der Waals surface area contributed by atoms with Gasteiger partial charge in [0.1, 0.15) is 0 Å². The van der Waals surface area contributed by atoms with E-state index in [4.69, 9.17) is 23.2 Å². The third-order valence-corrected chi connectivity index (χ3v) is 6.63. The van der Waals surface area contributed by atoms with Crippen LogP contribution in [0.5, 0.6) is 0 Å². The van der Waals surface area contributed by atoms with Crippen molar-refractivity contribution in [3.63, 3.8) is 0 Å². The molecule has 33 heavy (non-hydrogen) atoms. The summed E-state index contributed by atoms with van der Waals surface area (Å²) in [6.07, 6.45) is -3.66. The van der Waals surface area contributed by atoms with E-state index in [0.29, 0.717) is 16.3 Å². The Morgan fingerprint density at radius 1 is 1.15 bits per heavy atom. The van der Waals surface area contributed by atoms with Gasteiger partial charge >= 0.3 is 6.18 Å². The van der Waals surface area contributed by atoms with E-state index in [1.165, 1.54) is 30.3 Å². The van der Waals surface area contributed by atoms with Gasteiger partial charge < -0.3 is 5.32 Å². The number of rotatable bonds is 6. The molecule has 0 saturated carbocycles. The van der Waals surface area contributed by atoms with Crippen LogP contribution in [-0.4, -0.2) is 30.4 Å². The van der Waals surface area contributed by atoms with Crippen molar-refractivity contribution in [3.8, 4) is 5.69 Å². The number of hydrogen-bond acceptors (Lipinski definition) is 4. The van der Waals surface area contributed by atoms with Gasteiger partial charge in [-0.3, -0.25) is 4.79 Å². The molecule has 1 N–H and O–H groups in total. The second-order valence-corrected chi connectivity index (χ2v) is 10.1. The zero-order valence-electron chi connectivity index (χ0n) is 17.3. The number of halogens is 5. The molecule has 3 aromatic rings. The Morgan fingerprint density at radius 2 is 1.85 bits per heavy atom. The maximum atomic E-state index is 13.2. The molecule has 0 aliphatic heterocycles. The standard InChI is InChI=1S/C21H18Cl2F3N3O3S/c1-12(13-6-7-18(17(23)8-13)33(2,31)32)20(30)27-11-16-10-19(21(24,25)26)28-29(16)15-5-3-4-14(22)9-15/h3-10,12H,11H2,1-2H3,(H,27,30). The number of carbonyl (C=O) groups excluding carboxylic acids is 1. The lowest BCUT2D eigenvalue weighted by Gasteiger charge is -2.14. The fourth-order valence-electron chi connectivity index (χ4n) is 3.08. The van der Waals surface area contributed by atoms with Crippen LogP contribution in [-0.2, 0) is 27.4 Å². The molecule has 12 heteroatoms. The predicted molar refractivity (Wildman–Crippen MR) is 118 cm³/mol. The van der Waals surface area contributed by atoms with Crippen LogP contribution < -0.4 is 5.32 Å². The van der Waals surface area contributed by atoms with E-state index in [2.05, 4.69) is 10.4 Å². The number of nitrogens with zero attached hydrogens (tertiary/aromatic N) is 2. The average molecular weight is 520 g/mol. The Hall–Kier alpha value is -2.56. The lowest BCUT2D eigenvalue weighted by Crippen LogP contribution is -2.28. The van der Waals surface area contributed by atoms with Crippen LogP contribution >= 0.6 is 23.2 Å². The predicted octanol–water partition coefficient (Wildman–Crippen LogP) is 5.02. The van der Waals surface area contributed by atoms with Crippen molar-refractivity contribution in [3.05, 3.63) is 75.5 Å². The number of alkyl halides is 3. The second-order valence-electron chi connectivity index (χ2n) is 7.31. The first kappa shape index (κ1) is 25.1. The fourth-order valence-corrected chi connectivity index (χ4v) is 4.61. The molecule has 0 saturated heterocycles. The third kappa shape index (κ3) is 5.87. The molecule has 0 spiro atoms. The second kappa shape index (κ2) is 9.36. The van der Waals surface area contributed by atoms with Gasteiger partial charge in [0.05, 0.1) is 33.8 Å². The molecule has 6 nitrogen and oxygen atoms in total. The summed E-state index contributed by atoms with van der Waals surface area (Å²) in [5.74, 6) is -1.24. The van der Waals surface area contributed by atoms with E-state index >= 15 is 0 Å². The van der Waals surface area contributed by atoms with Crippen LogP contribution in [0, 0.1) is 0 Å². The molecule has 1 amide bonds. The molecule has 3 rings (SSSR count). The summed E-state index contributed by atoms with van der Waals surface area (Å²) >= 11 is 12.0. The smallest absolute Gasteiger partial charge is 0.350 e. The third-order valence-electron chi connectivity index (χ3n) is 4.82. The molecule has 2 aromatic carbocycles. The number of amides is 1. The molecule has 1 atom stereocenters. The number of sulfone groups is 1.